The Labute approximate surface area is 132 Å². The number of carbonyl (C=O) groups is 2. The van der Waals surface area contributed by atoms with Crippen LogP contribution in [0.2, 0.25) is 0 Å². The molecule has 3 fully saturated rings. The van der Waals surface area contributed by atoms with Gasteiger partial charge in [-0.25, -0.2) is 0 Å². The number of nitrogens with zero attached hydrogens (tertiary/aromatic N) is 3. The minimum atomic E-state index is -0.0284. The van der Waals surface area contributed by atoms with Gasteiger partial charge in [0.15, 0.2) is 0 Å². The second-order valence-corrected chi connectivity index (χ2v) is 6.67. The molecule has 22 heavy (non-hydrogen) atoms. The molecule has 0 aliphatic carbocycles. The summed E-state index contributed by atoms with van der Waals surface area (Å²) in [6.07, 6.45) is 4.92. The van der Waals surface area contributed by atoms with Gasteiger partial charge in [0.05, 0.1) is 12.6 Å². The van der Waals surface area contributed by atoms with E-state index in [1.165, 1.54) is 0 Å². The van der Waals surface area contributed by atoms with Crippen LogP contribution in [0, 0.1) is 0 Å². The highest BCUT2D eigenvalue weighted by molar-refractivity contribution is 5.88. The molecule has 3 rings (SSSR count). The van der Waals surface area contributed by atoms with E-state index in [-0.39, 0.29) is 24.4 Å². The van der Waals surface area contributed by atoms with Crippen molar-refractivity contribution in [1.82, 2.24) is 14.7 Å². The normalized spacial score (nSPS) is 29.0. The SMILES string of the molecule is CN1CCCN(C(=O)C2CCCN2C2CCOCC2)CC1=O. The van der Waals surface area contributed by atoms with Gasteiger partial charge in [0.25, 0.3) is 0 Å². The Bertz CT molecular complexity index is 423. The summed E-state index contributed by atoms with van der Waals surface area (Å²) in [6.45, 7) is 4.30. The van der Waals surface area contributed by atoms with Crippen LogP contribution in [0.25, 0.3) is 0 Å². The zero-order valence-electron chi connectivity index (χ0n) is 13.5. The molecule has 0 N–H and O–H groups in total. The molecule has 3 heterocycles. The van der Waals surface area contributed by atoms with Crippen molar-refractivity contribution in [3.8, 4) is 0 Å². The molecule has 0 aromatic heterocycles. The quantitative estimate of drug-likeness (QED) is 0.737. The lowest BCUT2D eigenvalue weighted by atomic mass is 10.1. The molecule has 124 valence electrons. The smallest absolute Gasteiger partial charge is 0.241 e. The summed E-state index contributed by atoms with van der Waals surface area (Å²) in [6, 6.07) is 0.440. The zero-order chi connectivity index (χ0) is 15.5. The van der Waals surface area contributed by atoms with Crippen LogP contribution in [-0.4, -0.2) is 85.0 Å². The molecule has 6 heteroatoms. The van der Waals surface area contributed by atoms with Gasteiger partial charge in [0.1, 0.15) is 0 Å². The van der Waals surface area contributed by atoms with Gasteiger partial charge in [-0.15, -0.1) is 0 Å². The first kappa shape index (κ1) is 15.7. The van der Waals surface area contributed by atoms with Crippen LogP contribution in [0.4, 0.5) is 0 Å². The predicted molar refractivity (Wildman–Crippen MR) is 82.4 cm³/mol. The number of hydrogen-bond donors (Lipinski definition) is 0. The number of hydrogen-bond acceptors (Lipinski definition) is 4. The fraction of sp³-hybridized carbons (Fsp3) is 0.875. The lowest BCUT2D eigenvalue weighted by Crippen LogP contribution is -2.51. The molecule has 0 saturated carbocycles. The Morgan fingerprint density at radius 1 is 1.09 bits per heavy atom. The maximum Gasteiger partial charge on any atom is 0.241 e. The highest BCUT2D eigenvalue weighted by Gasteiger charge is 2.38. The lowest BCUT2D eigenvalue weighted by Gasteiger charge is -2.36. The van der Waals surface area contributed by atoms with Gasteiger partial charge in [-0.1, -0.05) is 0 Å². The molecule has 2 amide bonds. The van der Waals surface area contributed by atoms with Gasteiger partial charge < -0.3 is 14.5 Å². The maximum atomic E-state index is 12.9. The molecule has 0 aromatic carbocycles. The van der Waals surface area contributed by atoms with Gasteiger partial charge in [0, 0.05) is 39.4 Å². The Kier molecular flexibility index (Phi) is 4.98. The second kappa shape index (κ2) is 6.96. The van der Waals surface area contributed by atoms with Crippen LogP contribution in [0.3, 0.4) is 0 Å². The second-order valence-electron chi connectivity index (χ2n) is 6.67. The lowest BCUT2D eigenvalue weighted by molar-refractivity contribution is -0.142. The first-order valence-electron chi connectivity index (χ1n) is 8.53. The minimum absolute atomic E-state index is 0.0284. The Hall–Kier alpha value is -1.14. The number of ether oxygens (including phenoxy) is 1. The molecule has 6 nitrogen and oxygen atoms in total. The van der Waals surface area contributed by atoms with Crippen molar-refractivity contribution in [3.63, 3.8) is 0 Å². The van der Waals surface area contributed by atoms with E-state index in [1.807, 2.05) is 7.05 Å². The van der Waals surface area contributed by atoms with Crippen LogP contribution < -0.4 is 0 Å². The maximum absolute atomic E-state index is 12.9. The van der Waals surface area contributed by atoms with Crippen LogP contribution in [-0.2, 0) is 14.3 Å². The summed E-state index contributed by atoms with van der Waals surface area (Å²) < 4.78 is 5.44. The standard InChI is InChI=1S/C16H27N3O3/c1-17-7-3-8-18(12-15(17)20)16(21)14-4-2-9-19(14)13-5-10-22-11-6-13/h13-14H,2-12H2,1H3. The summed E-state index contributed by atoms with van der Waals surface area (Å²) >= 11 is 0. The predicted octanol–water partition coefficient (Wildman–Crippen LogP) is 0.321. The van der Waals surface area contributed by atoms with Crippen LogP contribution in [0.15, 0.2) is 0 Å². The van der Waals surface area contributed by atoms with Crippen LogP contribution >= 0.6 is 0 Å². The summed E-state index contributed by atoms with van der Waals surface area (Å²) in [5.74, 6) is 0.217. The van der Waals surface area contributed by atoms with E-state index in [0.717, 1.165) is 58.4 Å². The monoisotopic (exact) mass is 309 g/mol. The molecule has 0 aromatic rings. The summed E-state index contributed by atoms with van der Waals surface area (Å²) in [5, 5.41) is 0. The van der Waals surface area contributed by atoms with Crippen molar-refractivity contribution in [2.75, 3.05) is 46.4 Å². The van der Waals surface area contributed by atoms with Gasteiger partial charge >= 0.3 is 0 Å². The number of rotatable bonds is 2. The molecule has 1 unspecified atom stereocenters. The van der Waals surface area contributed by atoms with Crippen molar-refractivity contribution in [2.45, 2.75) is 44.2 Å². The fourth-order valence-corrected chi connectivity index (χ4v) is 3.89. The minimum Gasteiger partial charge on any atom is -0.381 e. The molecule has 0 radical (unpaired) electrons. The number of carbonyl (C=O) groups excluding carboxylic acids is 2. The molecule has 3 aliphatic rings. The Morgan fingerprint density at radius 2 is 1.86 bits per heavy atom. The highest BCUT2D eigenvalue weighted by atomic mass is 16.5. The summed E-state index contributed by atoms with van der Waals surface area (Å²) in [5.41, 5.74) is 0. The first-order chi connectivity index (χ1) is 10.7. The first-order valence-corrected chi connectivity index (χ1v) is 8.53. The molecule has 0 spiro atoms. The Morgan fingerprint density at radius 3 is 2.64 bits per heavy atom. The largest absolute Gasteiger partial charge is 0.381 e. The van der Waals surface area contributed by atoms with Gasteiger partial charge in [-0.2, -0.15) is 0 Å². The van der Waals surface area contributed by atoms with Crippen molar-refractivity contribution in [2.24, 2.45) is 0 Å². The topological polar surface area (TPSA) is 53.1 Å². The van der Waals surface area contributed by atoms with Gasteiger partial charge in [-0.3, -0.25) is 14.5 Å². The van der Waals surface area contributed by atoms with E-state index in [9.17, 15) is 9.59 Å². The third kappa shape index (κ3) is 3.27. The average Bonchev–Trinajstić information content (AvgIpc) is 2.96. The van der Waals surface area contributed by atoms with Crippen molar-refractivity contribution >= 4 is 11.8 Å². The molecule has 3 aliphatic heterocycles. The highest BCUT2D eigenvalue weighted by Crippen LogP contribution is 2.27. The van der Waals surface area contributed by atoms with Crippen molar-refractivity contribution < 1.29 is 14.3 Å². The van der Waals surface area contributed by atoms with E-state index in [2.05, 4.69) is 4.90 Å². The third-order valence-electron chi connectivity index (χ3n) is 5.22. The molecular weight excluding hydrogens is 282 g/mol. The average molecular weight is 309 g/mol. The van der Waals surface area contributed by atoms with E-state index < -0.39 is 0 Å². The van der Waals surface area contributed by atoms with E-state index in [4.69, 9.17) is 4.74 Å². The summed E-state index contributed by atoms with van der Waals surface area (Å²) in [4.78, 5) is 30.9. The fourth-order valence-electron chi connectivity index (χ4n) is 3.89. The number of amides is 2. The molecule has 1 atom stereocenters. The van der Waals surface area contributed by atoms with Crippen molar-refractivity contribution in [3.05, 3.63) is 0 Å². The van der Waals surface area contributed by atoms with E-state index >= 15 is 0 Å². The van der Waals surface area contributed by atoms with E-state index in [0.29, 0.717) is 12.6 Å². The number of likely N-dealkylation sites (tertiary alicyclic amines) is 1. The van der Waals surface area contributed by atoms with Gasteiger partial charge in [0.2, 0.25) is 11.8 Å². The van der Waals surface area contributed by atoms with Crippen LogP contribution in [0.5, 0.6) is 0 Å². The zero-order valence-corrected chi connectivity index (χ0v) is 13.5. The molecule has 3 saturated heterocycles. The van der Waals surface area contributed by atoms with Crippen LogP contribution in [0.1, 0.15) is 32.1 Å². The Balaban J connectivity index is 1.66. The molecule has 0 bridgehead atoms. The number of likely N-dealkylation sites (N-methyl/N-ethyl adjacent to an activating group) is 1. The van der Waals surface area contributed by atoms with E-state index in [1.54, 1.807) is 9.80 Å². The third-order valence-corrected chi connectivity index (χ3v) is 5.22. The molecular formula is C16H27N3O3. The van der Waals surface area contributed by atoms with Gasteiger partial charge in [-0.05, 0) is 38.6 Å². The summed E-state index contributed by atoms with van der Waals surface area (Å²) in [7, 11) is 1.82. The van der Waals surface area contributed by atoms with Crippen molar-refractivity contribution in [1.29, 1.82) is 0 Å².